The van der Waals surface area contributed by atoms with E-state index < -0.39 is 0 Å². The Bertz CT molecular complexity index is 262. The van der Waals surface area contributed by atoms with Gasteiger partial charge in [0.25, 0.3) is 0 Å². The van der Waals surface area contributed by atoms with Crippen molar-refractivity contribution in [2.24, 2.45) is 10.8 Å². The number of rotatable bonds is 0. The van der Waals surface area contributed by atoms with E-state index in [4.69, 9.17) is 0 Å². The van der Waals surface area contributed by atoms with E-state index in [1.165, 1.54) is 4.48 Å². The maximum absolute atomic E-state index is 3.54. The highest BCUT2D eigenvalue weighted by Crippen LogP contribution is 2.69. The van der Waals surface area contributed by atoms with Crippen molar-refractivity contribution in [3.63, 3.8) is 0 Å². The summed E-state index contributed by atoms with van der Waals surface area (Å²) < 4.78 is 1.49. The van der Waals surface area contributed by atoms with Crippen LogP contribution < -0.4 is 0 Å². The van der Waals surface area contributed by atoms with Crippen LogP contribution in [0.3, 0.4) is 0 Å². The van der Waals surface area contributed by atoms with E-state index in [-0.39, 0.29) is 3.23 Å². The van der Waals surface area contributed by atoms with Gasteiger partial charge in [-0.15, -0.1) is 0 Å². The van der Waals surface area contributed by atoms with Gasteiger partial charge in [0.05, 0.1) is 3.23 Å². The third-order valence-corrected chi connectivity index (χ3v) is 10.0. The summed E-state index contributed by atoms with van der Waals surface area (Å²) in [6.07, 6.45) is 2.19. The van der Waals surface area contributed by atoms with Crippen molar-refractivity contribution in [3.05, 3.63) is 10.6 Å². The lowest BCUT2D eigenvalue weighted by Crippen LogP contribution is -1.94. The minimum Gasteiger partial charge on any atom is -0.0859 e. The molecule has 0 saturated heterocycles. The predicted molar refractivity (Wildman–Crippen MR) is 77.9 cm³/mol. The first-order chi connectivity index (χ1) is 6.03. The Morgan fingerprint density at radius 2 is 1.29 bits per heavy atom. The molecule has 0 N–H and O–H groups in total. The van der Waals surface area contributed by atoms with Crippen LogP contribution in [0.5, 0.6) is 0 Å². The standard InChI is InChI=1S/C5H7Br3.C5H7Br/c1-4(2)3(6)5(4,7)8;1-5(2)3-4(5)6/h3H,1-2H3;3H,1-2H3. The van der Waals surface area contributed by atoms with Gasteiger partial charge in [0.15, 0.2) is 0 Å². The molecule has 0 heterocycles. The van der Waals surface area contributed by atoms with Crippen LogP contribution in [0.1, 0.15) is 27.7 Å². The molecule has 0 bridgehead atoms. The predicted octanol–water partition coefficient (Wildman–Crippen LogP) is 5.58. The lowest BCUT2D eigenvalue weighted by atomic mass is 10.2. The van der Waals surface area contributed by atoms with Gasteiger partial charge in [-0.3, -0.25) is 0 Å². The van der Waals surface area contributed by atoms with Crippen LogP contribution in [-0.4, -0.2) is 8.06 Å². The molecule has 2 aliphatic rings. The van der Waals surface area contributed by atoms with Gasteiger partial charge >= 0.3 is 0 Å². The van der Waals surface area contributed by atoms with E-state index in [1.807, 2.05) is 0 Å². The number of halogens is 4. The van der Waals surface area contributed by atoms with Crippen molar-refractivity contribution in [1.29, 1.82) is 0 Å². The van der Waals surface area contributed by atoms with Crippen LogP contribution in [0.2, 0.25) is 0 Å². The van der Waals surface area contributed by atoms with Crippen LogP contribution in [0.25, 0.3) is 0 Å². The molecule has 1 atom stereocenters. The van der Waals surface area contributed by atoms with Crippen LogP contribution in [0.4, 0.5) is 0 Å². The molecule has 0 aliphatic heterocycles. The molecular weight excluding hydrogens is 440 g/mol. The van der Waals surface area contributed by atoms with E-state index in [0.29, 0.717) is 15.7 Å². The minimum absolute atomic E-state index is 0.146. The molecule has 1 fully saturated rings. The molecule has 0 aromatic carbocycles. The fraction of sp³-hybridized carbons (Fsp3) is 0.800. The van der Waals surface area contributed by atoms with E-state index in [1.54, 1.807) is 0 Å². The highest BCUT2D eigenvalue weighted by molar-refractivity contribution is 9.26. The van der Waals surface area contributed by atoms with E-state index >= 15 is 0 Å². The normalized spacial score (nSPS) is 33.7. The molecule has 0 aromatic heterocycles. The molecule has 82 valence electrons. The van der Waals surface area contributed by atoms with Crippen molar-refractivity contribution in [2.45, 2.75) is 35.8 Å². The molecule has 2 aliphatic carbocycles. The fourth-order valence-electron chi connectivity index (χ4n) is 0.880. The van der Waals surface area contributed by atoms with Crippen LogP contribution >= 0.6 is 63.7 Å². The van der Waals surface area contributed by atoms with Crippen molar-refractivity contribution < 1.29 is 0 Å². The largest absolute Gasteiger partial charge is 0.0997 e. The highest BCUT2D eigenvalue weighted by atomic mass is 79.9. The summed E-state index contributed by atoms with van der Waals surface area (Å²) in [7, 11) is 0. The van der Waals surface area contributed by atoms with Crippen LogP contribution in [-0.2, 0) is 0 Å². The van der Waals surface area contributed by atoms with E-state index in [9.17, 15) is 0 Å². The van der Waals surface area contributed by atoms with Crippen molar-refractivity contribution in [1.82, 2.24) is 0 Å². The van der Waals surface area contributed by atoms with Gasteiger partial charge in [-0.2, -0.15) is 0 Å². The first-order valence-corrected chi connectivity index (χ1v) is 7.73. The van der Waals surface area contributed by atoms with Gasteiger partial charge in [-0.25, -0.2) is 0 Å². The molecule has 0 aromatic rings. The molecule has 0 nitrogen and oxygen atoms in total. The Morgan fingerprint density at radius 3 is 1.29 bits per heavy atom. The minimum atomic E-state index is 0.146. The zero-order valence-corrected chi connectivity index (χ0v) is 15.0. The van der Waals surface area contributed by atoms with Crippen LogP contribution in [0, 0.1) is 10.8 Å². The summed E-state index contributed by atoms with van der Waals surface area (Å²) >= 11 is 14.0. The number of hydrogen-bond acceptors (Lipinski definition) is 0. The third-order valence-electron chi connectivity index (χ3n) is 2.75. The van der Waals surface area contributed by atoms with Gasteiger partial charge in [-0.05, 0) is 0 Å². The number of hydrogen-bond donors (Lipinski definition) is 0. The third kappa shape index (κ3) is 2.49. The summed E-state index contributed by atoms with van der Waals surface area (Å²) in [6.45, 7) is 8.76. The van der Waals surface area contributed by atoms with Crippen LogP contribution in [0.15, 0.2) is 10.6 Å². The van der Waals surface area contributed by atoms with Gasteiger partial charge in [0, 0.05) is 20.1 Å². The maximum Gasteiger partial charge on any atom is 0.0997 e. The first-order valence-electron chi connectivity index (χ1n) is 4.44. The molecule has 14 heavy (non-hydrogen) atoms. The van der Waals surface area contributed by atoms with Gasteiger partial charge in [0.1, 0.15) is 0 Å². The summed E-state index contributed by atoms with van der Waals surface area (Å²) in [5.41, 5.74) is 0.771. The fourth-order valence-corrected chi connectivity index (χ4v) is 4.26. The van der Waals surface area contributed by atoms with E-state index in [2.05, 4.69) is 97.5 Å². The number of alkyl halides is 3. The smallest absolute Gasteiger partial charge is 0.0859 e. The maximum atomic E-state index is 3.54. The topological polar surface area (TPSA) is 0 Å². The SMILES string of the molecule is CC1(C)C(Br)C1(Br)Br.CC1(C)C=C1Br. The number of allylic oxidation sites excluding steroid dienone is 2. The zero-order valence-electron chi connectivity index (χ0n) is 8.67. The summed E-state index contributed by atoms with van der Waals surface area (Å²) in [5, 5.41) is 0. The van der Waals surface area contributed by atoms with Gasteiger partial charge in [-0.1, -0.05) is 97.5 Å². The monoisotopic (exact) mass is 450 g/mol. The first kappa shape index (κ1) is 13.7. The summed E-state index contributed by atoms with van der Waals surface area (Å²) in [5.74, 6) is 0. The zero-order chi connectivity index (χ0) is 11.4. The molecule has 1 saturated carbocycles. The molecule has 4 heteroatoms. The Hall–Kier alpha value is 1.66. The Morgan fingerprint density at radius 1 is 1.14 bits per heavy atom. The molecule has 2 rings (SSSR count). The second-order valence-electron chi connectivity index (χ2n) is 4.92. The highest BCUT2D eigenvalue weighted by Gasteiger charge is 2.67. The quantitative estimate of drug-likeness (QED) is 0.420. The Kier molecular flexibility index (Phi) is 3.77. The summed E-state index contributed by atoms with van der Waals surface area (Å²) in [6, 6.07) is 0. The molecule has 0 spiro atoms. The lowest BCUT2D eigenvalue weighted by molar-refractivity contribution is 0.658. The Balaban J connectivity index is 0.000000146. The Labute approximate surface area is 120 Å². The second kappa shape index (κ2) is 3.85. The second-order valence-corrected chi connectivity index (χ2v) is 10.3. The van der Waals surface area contributed by atoms with Crippen molar-refractivity contribution in [2.75, 3.05) is 0 Å². The van der Waals surface area contributed by atoms with Crippen molar-refractivity contribution >= 4 is 63.7 Å². The molecular formula is C10H14Br4. The lowest BCUT2D eigenvalue weighted by Gasteiger charge is -1.99. The molecule has 1 unspecified atom stereocenters. The molecule has 0 amide bonds. The summed E-state index contributed by atoms with van der Waals surface area (Å²) in [4.78, 5) is 0.558. The van der Waals surface area contributed by atoms with E-state index in [0.717, 1.165) is 0 Å². The van der Waals surface area contributed by atoms with Gasteiger partial charge < -0.3 is 0 Å². The average molecular weight is 454 g/mol. The average Bonchev–Trinajstić information content (AvgIpc) is 2.65. The van der Waals surface area contributed by atoms with Crippen molar-refractivity contribution in [3.8, 4) is 0 Å². The molecule has 0 radical (unpaired) electrons. The van der Waals surface area contributed by atoms with Gasteiger partial charge in [0.2, 0.25) is 0 Å².